The lowest BCUT2D eigenvalue weighted by atomic mass is 9.93. The monoisotopic (exact) mass is 331 g/mol. The van der Waals surface area contributed by atoms with E-state index in [4.69, 9.17) is 5.11 Å². The molecule has 0 amide bonds. The largest absolute Gasteiger partial charge is 0.478 e. The van der Waals surface area contributed by atoms with E-state index in [1.807, 2.05) is 0 Å². The maximum atomic E-state index is 14.3. The predicted molar refractivity (Wildman–Crippen MR) is 83.5 cm³/mol. The average Bonchev–Trinajstić information content (AvgIpc) is 2.49. The van der Waals surface area contributed by atoms with Crippen molar-refractivity contribution >= 4 is 16.9 Å². The number of carboxylic acid groups (broad SMARTS) is 1. The van der Waals surface area contributed by atoms with Crippen molar-refractivity contribution in [2.75, 3.05) is 0 Å². The van der Waals surface area contributed by atoms with E-state index in [0.29, 0.717) is 34.3 Å². The third kappa shape index (κ3) is 2.50. The van der Waals surface area contributed by atoms with Gasteiger partial charge < -0.3 is 5.11 Å². The number of benzene rings is 2. The molecule has 2 aromatic carbocycles. The number of aromatic nitrogens is 1. The second-order valence-electron chi connectivity index (χ2n) is 5.48. The number of fused-ring (bicyclic) bond motifs is 1. The zero-order chi connectivity index (χ0) is 17.6. The van der Waals surface area contributed by atoms with E-state index in [0.717, 1.165) is 0 Å². The average molecular weight is 331 g/mol. The first kappa shape index (κ1) is 16.0. The van der Waals surface area contributed by atoms with Gasteiger partial charge in [-0.1, -0.05) is 0 Å². The molecule has 122 valence electrons. The third-order valence-electron chi connectivity index (χ3n) is 3.98. The molecule has 1 aromatic heterocycles. The van der Waals surface area contributed by atoms with E-state index in [9.17, 15) is 18.0 Å². The fraction of sp³-hybridized carbons (Fsp3) is 0.111. The number of hydrogen-bond donors (Lipinski definition) is 1. The molecule has 0 fully saturated rings. The van der Waals surface area contributed by atoms with Crippen molar-refractivity contribution in [3.05, 3.63) is 64.6 Å². The molecule has 1 N–H and O–H groups in total. The van der Waals surface area contributed by atoms with Crippen LogP contribution in [0.2, 0.25) is 0 Å². The maximum absolute atomic E-state index is 14.3. The number of halogens is 3. The van der Waals surface area contributed by atoms with Gasteiger partial charge in [0.25, 0.3) is 0 Å². The van der Waals surface area contributed by atoms with Gasteiger partial charge in [-0.3, -0.25) is 4.98 Å². The van der Waals surface area contributed by atoms with Crippen LogP contribution in [0.25, 0.3) is 22.0 Å². The van der Waals surface area contributed by atoms with E-state index < -0.39 is 29.0 Å². The number of rotatable bonds is 2. The predicted octanol–water partition coefficient (Wildman–Crippen LogP) is 4.63. The molecule has 3 rings (SSSR count). The molecule has 3 nitrogen and oxygen atoms in total. The fourth-order valence-electron chi connectivity index (χ4n) is 2.72. The Bertz CT molecular complexity index is 976. The highest BCUT2D eigenvalue weighted by Crippen LogP contribution is 2.36. The van der Waals surface area contributed by atoms with Gasteiger partial charge >= 0.3 is 5.97 Å². The molecule has 1 heterocycles. The standard InChI is InChI=1S/C18H12F3NO2/c1-8-9(2)22-15-4-3-10(18(23)24)5-12(15)16(8)17-13(20)6-11(19)7-14(17)21/h3-7H,1-2H3,(H,23,24). The molecule has 0 saturated carbocycles. The quantitative estimate of drug-likeness (QED) is 0.744. The van der Waals surface area contributed by atoms with Crippen LogP contribution < -0.4 is 0 Å². The van der Waals surface area contributed by atoms with Gasteiger partial charge in [-0.2, -0.15) is 0 Å². The minimum absolute atomic E-state index is 0.0308. The lowest BCUT2D eigenvalue weighted by Crippen LogP contribution is -2.01. The van der Waals surface area contributed by atoms with E-state index in [1.165, 1.54) is 18.2 Å². The van der Waals surface area contributed by atoms with E-state index >= 15 is 0 Å². The Balaban J connectivity index is 2.48. The second-order valence-corrected chi connectivity index (χ2v) is 5.48. The summed E-state index contributed by atoms with van der Waals surface area (Å²) in [5.74, 6) is -4.29. The topological polar surface area (TPSA) is 50.2 Å². The summed E-state index contributed by atoms with van der Waals surface area (Å²) in [7, 11) is 0. The van der Waals surface area contributed by atoms with Gasteiger partial charge in [-0.05, 0) is 37.6 Å². The lowest BCUT2D eigenvalue weighted by Gasteiger charge is -2.15. The summed E-state index contributed by atoms with van der Waals surface area (Å²) >= 11 is 0. The number of carbonyl (C=O) groups is 1. The maximum Gasteiger partial charge on any atom is 0.335 e. The molecule has 24 heavy (non-hydrogen) atoms. The first-order valence-electron chi connectivity index (χ1n) is 7.08. The van der Waals surface area contributed by atoms with Gasteiger partial charge in [0.15, 0.2) is 0 Å². The van der Waals surface area contributed by atoms with Crippen molar-refractivity contribution in [3.8, 4) is 11.1 Å². The molecule has 0 aliphatic heterocycles. The Morgan fingerprint density at radius 1 is 1.00 bits per heavy atom. The first-order chi connectivity index (χ1) is 11.3. The van der Waals surface area contributed by atoms with Gasteiger partial charge in [0, 0.05) is 28.8 Å². The number of aromatic carboxylic acids is 1. The number of pyridine rings is 1. The minimum Gasteiger partial charge on any atom is -0.478 e. The van der Waals surface area contributed by atoms with Gasteiger partial charge in [0.05, 0.1) is 16.6 Å². The molecule has 6 heteroatoms. The molecule has 0 spiro atoms. The molecule has 0 aliphatic carbocycles. The number of carboxylic acids is 1. The number of nitrogens with zero attached hydrogens (tertiary/aromatic N) is 1. The van der Waals surface area contributed by atoms with Crippen molar-refractivity contribution in [2.24, 2.45) is 0 Å². The van der Waals surface area contributed by atoms with Crippen LogP contribution >= 0.6 is 0 Å². The van der Waals surface area contributed by atoms with Gasteiger partial charge in [0.2, 0.25) is 0 Å². The highest BCUT2D eigenvalue weighted by molar-refractivity contribution is 6.01. The highest BCUT2D eigenvalue weighted by Gasteiger charge is 2.20. The Morgan fingerprint density at radius 3 is 2.21 bits per heavy atom. The van der Waals surface area contributed by atoms with Crippen molar-refractivity contribution in [3.63, 3.8) is 0 Å². The summed E-state index contributed by atoms with van der Waals surface area (Å²) in [6.45, 7) is 3.31. The molecule has 0 saturated heterocycles. The molecular formula is C18H12F3NO2. The Kier molecular flexibility index (Phi) is 3.75. The van der Waals surface area contributed by atoms with Crippen LogP contribution in [-0.4, -0.2) is 16.1 Å². The van der Waals surface area contributed by atoms with Gasteiger partial charge in [-0.25, -0.2) is 18.0 Å². The van der Waals surface area contributed by atoms with Crippen molar-refractivity contribution in [2.45, 2.75) is 13.8 Å². The summed E-state index contributed by atoms with van der Waals surface area (Å²) in [6.07, 6.45) is 0. The van der Waals surface area contributed by atoms with Crippen LogP contribution in [0.1, 0.15) is 21.6 Å². The van der Waals surface area contributed by atoms with Crippen molar-refractivity contribution < 1.29 is 23.1 Å². The summed E-state index contributed by atoms with van der Waals surface area (Å²) in [4.78, 5) is 15.5. The molecule has 3 aromatic rings. The Labute approximate surface area is 135 Å². The van der Waals surface area contributed by atoms with Crippen LogP contribution in [0.15, 0.2) is 30.3 Å². The third-order valence-corrected chi connectivity index (χ3v) is 3.98. The number of aryl methyl sites for hydroxylation is 1. The summed E-state index contributed by atoms with van der Waals surface area (Å²) in [5.41, 5.74) is 1.19. The Hall–Kier alpha value is -2.89. The smallest absolute Gasteiger partial charge is 0.335 e. The molecule has 0 atom stereocenters. The van der Waals surface area contributed by atoms with Crippen LogP contribution in [0, 0.1) is 31.3 Å². The lowest BCUT2D eigenvalue weighted by molar-refractivity contribution is 0.0697. The summed E-state index contributed by atoms with van der Waals surface area (Å²) < 4.78 is 41.8. The van der Waals surface area contributed by atoms with Crippen LogP contribution in [-0.2, 0) is 0 Å². The van der Waals surface area contributed by atoms with E-state index in [1.54, 1.807) is 13.8 Å². The molecule has 0 radical (unpaired) electrons. The molecule has 0 unspecified atom stereocenters. The second kappa shape index (κ2) is 5.63. The molecular weight excluding hydrogens is 319 g/mol. The molecule has 0 aliphatic rings. The normalized spacial score (nSPS) is 11.0. The van der Waals surface area contributed by atoms with Crippen LogP contribution in [0.4, 0.5) is 13.2 Å². The van der Waals surface area contributed by atoms with Gasteiger partial charge in [-0.15, -0.1) is 0 Å². The van der Waals surface area contributed by atoms with Gasteiger partial charge in [0.1, 0.15) is 17.5 Å². The fourth-order valence-corrected chi connectivity index (χ4v) is 2.72. The first-order valence-corrected chi connectivity index (χ1v) is 7.08. The number of hydrogen-bond acceptors (Lipinski definition) is 2. The summed E-state index contributed by atoms with van der Waals surface area (Å²) in [5, 5.41) is 9.45. The highest BCUT2D eigenvalue weighted by atomic mass is 19.1. The zero-order valence-corrected chi connectivity index (χ0v) is 12.8. The van der Waals surface area contributed by atoms with Crippen LogP contribution in [0.3, 0.4) is 0 Å². The van der Waals surface area contributed by atoms with Crippen LogP contribution in [0.5, 0.6) is 0 Å². The minimum atomic E-state index is -1.17. The zero-order valence-electron chi connectivity index (χ0n) is 12.8. The van der Waals surface area contributed by atoms with Crippen molar-refractivity contribution in [1.82, 2.24) is 4.98 Å². The summed E-state index contributed by atoms with van der Waals surface area (Å²) in [6, 6.07) is 5.36. The Morgan fingerprint density at radius 2 is 1.62 bits per heavy atom. The molecule has 0 bridgehead atoms. The van der Waals surface area contributed by atoms with Crippen molar-refractivity contribution in [1.29, 1.82) is 0 Å². The SMILES string of the molecule is Cc1nc2ccc(C(=O)O)cc2c(-c2c(F)cc(F)cc2F)c1C. The van der Waals surface area contributed by atoms with E-state index in [2.05, 4.69) is 4.98 Å². The van der Waals surface area contributed by atoms with E-state index in [-0.39, 0.29) is 11.1 Å².